The van der Waals surface area contributed by atoms with Crippen LogP contribution in [-0.4, -0.2) is 34.8 Å². The molecule has 1 aromatic heterocycles. The van der Waals surface area contributed by atoms with Gasteiger partial charge in [-0.25, -0.2) is 0 Å². The standard InChI is InChI=1S/C23H23N3O3/c27-21(24-15-16-6-2-1-3-7-16)17-10-12-26(13-11-17)23(29)20-14-18-8-4-5-9-19(18)22(28)25-20/h1-9,14,17H,10-13,15H2,(H,24,27)(H,25,28). The van der Waals surface area contributed by atoms with Crippen molar-refractivity contribution < 1.29 is 9.59 Å². The molecule has 1 fully saturated rings. The normalized spacial score (nSPS) is 14.7. The molecule has 1 aliphatic heterocycles. The largest absolute Gasteiger partial charge is 0.352 e. The molecule has 0 spiro atoms. The average Bonchev–Trinajstić information content (AvgIpc) is 2.78. The van der Waals surface area contributed by atoms with Crippen LogP contribution >= 0.6 is 0 Å². The van der Waals surface area contributed by atoms with Gasteiger partial charge in [0.25, 0.3) is 11.5 Å². The molecule has 2 aromatic carbocycles. The Balaban J connectivity index is 1.36. The topological polar surface area (TPSA) is 82.3 Å². The summed E-state index contributed by atoms with van der Waals surface area (Å²) in [4.78, 5) is 41.9. The number of nitrogens with zero attached hydrogens (tertiary/aromatic N) is 1. The summed E-state index contributed by atoms with van der Waals surface area (Å²) in [5.41, 5.74) is 1.09. The van der Waals surface area contributed by atoms with Gasteiger partial charge in [-0.2, -0.15) is 0 Å². The SMILES string of the molecule is O=C(NCc1ccccc1)C1CCN(C(=O)c2cc3ccccc3c(=O)[nH]2)CC1. The van der Waals surface area contributed by atoms with E-state index >= 15 is 0 Å². The van der Waals surface area contributed by atoms with E-state index < -0.39 is 0 Å². The molecule has 0 aliphatic carbocycles. The van der Waals surface area contributed by atoms with Crippen molar-refractivity contribution in [1.29, 1.82) is 0 Å². The third kappa shape index (κ3) is 4.21. The molecule has 6 nitrogen and oxygen atoms in total. The maximum Gasteiger partial charge on any atom is 0.270 e. The lowest BCUT2D eigenvalue weighted by molar-refractivity contribution is -0.126. The highest BCUT2D eigenvalue weighted by molar-refractivity contribution is 5.96. The monoisotopic (exact) mass is 389 g/mol. The summed E-state index contributed by atoms with van der Waals surface area (Å²) in [5, 5.41) is 4.29. The van der Waals surface area contributed by atoms with Gasteiger partial charge in [0.2, 0.25) is 5.91 Å². The number of aromatic amines is 1. The number of hydrogen-bond donors (Lipinski definition) is 2. The smallest absolute Gasteiger partial charge is 0.270 e. The molecule has 2 heterocycles. The van der Waals surface area contributed by atoms with Crippen molar-refractivity contribution in [3.05, 3.63) is 82.3 Å². The van der Waals surface area contributed by atoms with Gasteiger partial charge < -0.3 is 15.2 Å². The lowest BCUT2D eigenvalue weighted by Crippen LogP contribution is -2.43. The highest BCUT2D eigenvalue weighted by atomic mass is 16.2. The van der Waals surface area contributed by atoms with E-state index in [1.54, 1.807) is 23.1 Å². The third-order valence-corrected chi connectivity index (χ3v) is 5.45. The molecule has 0 saturated carbocycles. The second-order valence-electron chi connectivity index (χ2n) is 7.37. The summed E-state index contributed by atoms with van der Waals surface area (Å²) in [6, 6.07) is 18.7. The van der Waals surface area contributed by atoms with Crippen LogP contribution in [0.25, 0.3) is 10.8 Å². The predicted molar refractivity (Wildman–Crippen MR) is 111 cm³/mol. The number of H-pyrrole nitrogens is 1. The van der Waals surface area contributed by atoms with Gasteiger partial charge in [0.1, 0.15) is 5.69 Å². The summed E-state index contributed by atoms with van der Waals surface area (Å²) in [6.07, 6.45) is 1.23. The Morgan fingerprint density at radius 1 is 1.00 bits per heavy atom. The minimum absolute atomic E-state index is 0.0278. The van der Waals surface area contributed by atoms with Gasteiger partial charge in [0.05, 0.1) is 0 Å². The fourth-order valence-corrected chi connectivity index (χ4v) is 3.77. The van der Waals surface area contributed by atoms with E-state index in [0.717, 1.165) is 10.9 Å². The second kappa shape index (κ2) is 8.31. The molecule has 0 atom stereocenters. The molecule has 2 amide bonds. The average molecular weight is 389 g/mol. The number of nitrogens with one attached hydrogen (secondary N) is 2. The van der Waals surface area contributed by atoms with Crippen molar-refractivity contribution in [1.82, 2.24) is 15.2 Å². The lowest BCUT2D eigenvalue weighted by atomic mass is 9.95. The summed E-state index contributed by atoms with van der Waals surface area (Å²) in [6.45, 7) is 1.51. The third-order valence-electron chi connectivity index (χ3n) is 5.45. The lowest BCUT2D eigenvalue weighted by Gasteiger charge is -2.31. The van der Waals surface area contributed by atoms with Gasteiger partial charge in [-0.1, -0.05) is 48.5 Å². The number of fused-ring (bicyclic) bond motifs is 1. The number of pyridine rings is 1. The Morgan fingerprint density at radius 2 is 1.69 bits per heavy atom. The number of hydrogen-bond acceptors (Lipinski definition) is 3. The predicted octanol–water partition coefficient (Wildman–Crippen LogP) is 2.70. The molecule has 0 unspecified atom stereocenters. The first-order valence-electron chi connectivity index (χ1n) is 9.85. The fraction of sp³-hybridized carbons (Fsp3) is 0.261. The first-order chi connectivity index (χ1) is 14.1. The van der Waals surface area contributed by atoms with Crippen molar-refractivity contribution in [2.24, 2.45) is 5.92 Å². The molecule has 3 aromatic rings. The zero-order valence-electron chi connectivity index (χ0n) is 16.1. The fourth-order valence-electron chi connectivity index (χ4n) is 3.77. The number of carbonyl (C=O) groups is 2. The first kappa shape index (κ1) is 18.9. The van der Waals surface area contributed by atoms with Crippen LogP contribution in [0.1, 0.15) is 28.9 Å². The number of benzene rings is 2. The van der Waals surface area contributed by atoms with Crippen LogP contribution in [0.15, 0.2) is 65.5 Å². The Labute approximate surface area is 168 Å². The van der Waals surface area contributed by atoms with E-state index in [1.807, 2.05) is 42.5 Å². The number of amides is 2. The minimum Gasteiger partial charge on any atom is -0.352 e. The highest BCUT2D eigenvalue weighted by Crippen LogP contribution is 2.20. The number of aromatic nitrogens is 1. The van der Waals surface area contributed by atoms with Gasteiger partial charge in [-0.3, -0.25) is 14.4 Å². The van der Waals surface area contributed by atoms with Gasteiger partial charge in [-0.15, -0.1) is 0 Å². The molecule has 6 heteroatoms. The van der Waals surface area contributed by atoms with Crippen LogP contribution in [0.5, 0.6) is 0 Å². The zero-order valence-corrected chi connectivity index (χ0v) is 16.1. The number of carbonyl (C=O) groups excluding carboxylic acids is 2. The molecular formula is C23H23N3O3. The van der Waals surface area contributed by atoms with Crippen LogP contribution in [0.4, 0.5) is 0 Å². The van der Waals surface area contributed by atoms with Crippen LogP contribution in [0.3, 0.4) is 0 Å². The van der Waals surface area contributed by atoms with E-state index in [-0.39, 0.29) is 23.3 Å². The van der Waals surface area contributed by atoms with Crippen molar-refractivity contribution in [2.45, 2.75) is 19.4 Å². The van der Waals surface area contributed by atoms with Crippen LogP contribution in [0.2, 0.25) is 0 Å². The maximum atomic E-state index is 12.8. The molecular weight excluding hydrogens is 366 g/mol. The molecule has 1 aliphatic rings. The minimum atomic E-state index is -0.262. The Kier molecular flexibility index (Phi) is 5.42. The molecule has 1 saturated heterocycles. The molecule has 0 bridgehead atoms. The molecule has 148 valence electrons. The molecule has 29 heavy (non-hydrogen) atoms. The number of likely N-dealkylation sites (tertiary alicyclic amines) is 1. The second-order valence-corrected chi connectivity index (χ2v) is 7.37. The van der Waals surface area contributed by atoms with Gasteiger partial charge in [0, 0.05) is 30.9 Å². The molecule has 0 radical (unpaired) electrons. The molecule has 2 N–H and O–H groups in total. The Bertz CT molecular complexity index is 1080. The summed E-state index contributed by atoms with van der Waals surface area (Å²) in [7, 11) is 0. The zero-order chi connectivity index (χ0) is 20.2. The number of rotatable bonds is 4. The summed E-state index contributed by atoms with van der Waals surface area (Å²) in [5.74, 6) is -0.269. The summed E-state index contributed by atoms with van der Waals surface area (Å²) >= 11 is 0. The van der Waals surface area contributed by atoms with Crippen LogP contribution in [0, 0.1) is 5.92 Å². The van der Waals surface area contributed by atoms with Crippen molar-refractivity contribution in [2.75, 3.05) is 13.1 Å². The quantitative estimate of drug-likeness (QED) is 0.720. The Morgan fingerprint density at radius 3 is 2.45 bits per heavy atom. The van der Waals surface area contributed by atoms with Crippen molar-refractivity contribution in [3.8, 4) is 0 Å². The van der Waals surface area contributed by atoms with Gasteiger partial charge in [-0.05, 0) is 35.9 Å². The van der Waals surface area contributed by atoms with Crippen LogP contribution < -0.4 is 10.9 Å². The highest BCUT2D eigenvalue weighted by Gasteiger charge is 2.28. The van der Waals surface area contributed by atoms with E-state index in [2.05, 4.69) is 10.3 Å². The van der Waals surface area contributed by atoms with Crippen molar-refractivity contribution >= 4 is 22.6 Å². The van der Waals surface area contributed by atoms with Gasteiger partial charge >= 0.3 is 0 Å². The molecule has 4 rings (SSSR count). The van der Waals surface area contributed by atoms with E-state index in [0.29, 0.717) is 43.6 Å². The number of piperidine rings is 1. The summed E-state index contributed by atoms with van der Waals surface area (Å²) < 4.78 is 0. The van der Waals surface area contributed by atoms with Gasteiger partial charge in [0.15, 0.2) is 0 Å². The first-order valence-corrected chi connectivity index (χ1v) is 9.85. The van der Waals surface area contributed by atoms with Crippen molar-refractivity contribution in [3.63, 3.8) is 0 Å². The van der Waals surface area contributed by atoms with E-state index in [9.17, 15) is 14.4 Å². The Hall–Kier alpha value is -3.41. The van der Waals surface area contributed by atoms with Crippen LogP contribution in [-0.2, 0) is 11.3 Å². The maximum absolute atomic E-state index is 12.8. The van der Waals surface area contributed by atoms with E-state index in [1.165, 1.54) is 0 Å². The van der Waals surface area contributed by atoms with E-state index in [4.69, 9.17) is 0 Å².